The van der Waals surface area contributed by atoms with Crippen LogP contribution >= 0.6 is 27.7 Å². The molecule has 0 saturated carbocycles. The lowest BCUT2D eigenvalue weighted by Crippen LogP contribution is -2.19. The molecule has 1 heterocycles. The Morgan fingerprint density at radius 3 is 2.72 bits per heavy atom. The highest BCUT2D eigenvalue weighted by atomic mass is 79.9. The quantitative estimate of drug-likeness (QED) is 0.464. The van der Waals surface area contributed by atoms with Crippen molar-refractivity contribution in [3.8, 4) is 0 Å². The number of aromatic nitrogens is 2. The third kappa shape index (κ3) is 5.71. The van der Waals surface area contributed by atoms with Gasteiger partial charge in [0.2, 0.25) is 5.91 Å². The Kier molecular flexibility index (Phi) is 6.77. The molecule has 0 aliphatic heterocycles. The molecule has 9 heteroatoms. The third-order valence-electron chi connectivity index (χ3n) is 3.28. The van der Waals surface area contributed by atoms with E-state index in [-0.39, 0.29) is 30.1 Å². The van der Waals surface area contributed by atoms with E-state index in [1.54, 1.807) is 13.0 Å². The van der Waals surface area contributed by atoms with Crippen molar-refractivity contribution in [2.45, 2.75) is 24.9 Å². The van der Waals surface area contributed by atoms with Crippen LogP contribution in [0.5, 0.6) is 0 Å². The van der Waals surface area contributed by atoms with Crippen molar-refractivity contribution in [2.75, 3.05) is 11.1 Å². The van der Waals surface area contributed by atoms with Crippen LogP contribution in [-0.2, 0) is 16.0 Å². The van der Waals surface area contributed by atoms with Gasteiger partial charge < -0.3 is 15.4 Å². The SMILES string of the molecule is Cc1nc(SCC(=O)Nc2ccccc2Br)[nH]c(=O)c1CCC(=O)O. The second kappa shape index (κ2) is 8.82. The Morgan fingerprint density at radius 1 is 1.36 bits per heavy atom. The minimum absolute atomic E-state index is 0.0815. The second-order valence-corrected chi connectivity index (χ2v) is 6.96. The molecule has 0 atom stereocenters. The topological polar surface area (TPSA) is 112 Å². The highest BCUT2D eigenvalue weighted by molar-refractivity contribution is 9.10. The zero-order chi connectivity index (χ0) is 18.4. The maximum atomic E-state index is 12.0. The second-order valence-electron chi connectivity index (χ2n) is 5.15. The van der Waals surface area contributed by atoms with Gasteiger partial charge >= 0.3 is 5.97 Å². The van der Waals surface area contributed by atoms with Crippen molar-refractivity contribution in [2.24, 2.45) is 0 Å². The Hall–Kier alpha value is -2.13. The fourth-order valence-electron chi connectivity index (χ4n) is 2.06. The number of para-hydroxylation sites is 1. The van der Waals surface area contributed by atoms with Gasteiger partial charge in [-0.1, -0.05) is 23.9 Å². The van der Waals surface area contributed by atoms with Crippen LogP contribution in [0.25, 0.3) is 0 Å². The first-order valence-electron chi connectivity index (χ1n) is 7.35. The number of carbonyl (C=O) groups is 2. The van der Waals surface area contributed by atoms with Crippen molar-refractivity contribution in [3.63, 3.8) is 0 Å². The van der Waals surface area contributed by atoms with E-state index >= 15 is 0 Å². The lowest BCUT2D eigenvalue weighted by molar-refractivity contribution is -0.137. The van der Waals surface area contributed by atoms with Crippen LogP contribution in [0.4, 0.5) is 5.69 Å². The number of hydrogen-bond donors (Lipinski definition) is 3. The van der Waals surface area contributed by atoms with Gasteiger partial charge in [0.1, 0.15) is 0 Å². The van der Waals surface area contributed by atoms with Crippen molar-refractivity contribution >= 4 is 45.3 Å². The molecule has 0 fully saturated rings. The fraction of sp³-hybridized carbons (Fsp3) is 0.250. The summed E-state index contributed by atoms with van der Waals surface area (Å²) >= 11 is 4.45. The summed E-state index contributed by atoms with van der Waals surface area (Å²) in [7, 11) is 0. The van der Waals surface area contributed by atoms with Crippen LogP contribution in [-0.4, -0.2) is 32.7 Å². The standard InChI is InChI=1S/C16H16BrN3O4S/c1-9-10(6-7-14(22)23)15(24)20-16(18-9)25-8-13(21)19-12-5-3-2-4-11(12)17/h2-5H,6-8H2,1H3,(H,19,21)(H,22,23)(H,18,20,24). The smallest absolute Gasteiger partial charge is 0.303 e. The zero-order valence-electron chi connectivity index (χ0n) is 13.3. The molecule has 0 saturated heterocycles. The Morgan fingerprint density at radius 2 is 2.08 bits per heavy atom. The van der Waals surface area contributed by atoms with E-state index in [4.69, 9.17) is 5.11 Å². The number of carboxylic acid groups (broad SMARTS) is 1. The number of nitrogens with one attached hydrogen (secondary N) is 2. The van der Waals surface area contributed by atoms with E-state index in [2.05, 4.69) is 31.2 Å². The number of carboxylic acids is 1. The van der Waals surface area contributed by atoms with Crippen LogP contribution in [0.2, 0.25) is 0 Å². The van der Waals surface area contributed by atoms with Crippen LogP contribution < -0.4 is 10.9 Å². The minimum Gasteiger partial charge on any atom is -0.481 e. The molecule has 2 aromatic rings. The molecule has 0 aliphatic carbocycles. The monoisotopic (exact) mass is 425 g/mol. The molecule has 0 bridgehead atoms. The maximum absolute atomic E-state index is 12.0. The molecule has 1 aromatic carbocycles. The number of carbonyl (C=O) groups excluding carboxylic acids is 1. The van der Waals surface area contributed by atoms with E-state index in [1.807, 2.05) is 18.2 Å². The Labute approximate surface area is 156 Å². The maximum Gasteiger partial charge on any atom is 0.303 e. The number of aliphatic carboxylic acids is 1. The molecule has 25 heavy (non-hydrogen) atoms. The van der Waals surface area contributed by atoms with E-state index in [0.717, 1.165) is 16.2 Å². The highest BCUT2D eigenvalue weighted by Gasteiger charge is 2.12. The minimum atomic E-state index is -0.971. The van der Waals surface area contributed by atoms with Gasteiger partial charge in [-0.2, -0.15) is 0 Å². The number of thioether (sulfide) groups is 1. The van der Waals surface area contributed by atoms with Gasteiger partial charge in [0.25, 0.3) is 5.56 Å². The predicted molar refractivity (Wildman–Crippen MR) is 99.0 cm³/mol. The van der Waals surface area contributed by atoms with Crippen molar-refractivity contribution in [1.82, 2.24) is 9.97 Å². The van der Waals surface area contributed by atoms with Crippen LogP contribution in [0.15, 0.2) is 38.7 Å². The molecule has 1 aromatic heterocycles. The lowest BCUT2D eigenvalue weighted by Gasteiger charge is -2.08. The normalized spacial score (nSPS) is 10.5. The number of aryl methyl sites for hydroxylation is 1. The van der Waals surface area contributed by atoms with Gasteiger partial charge in [0, 0.05) is 22.2 Å². The van der Waals surface area contributed by atoms with Gasteiger partial charge in [-0.3, -0.25) is 14.4 Å². The highest BCUT2D eigenvalue weighted by Crippen LogP contribution is 2.22. The lowest BCUT2D eigenvalue weighted by atomic mass is 10.1. The van der Waals surface area contributed by atoms with Crippen LogP contribution in [0, 0.1) is 6.92 Å². The molecule has 7 nitrogen and oxygen atoms in total. The van der Waals surface area contributed by atoms with Gasteiger partial charge in [-0.25, -0.2) is 4.98 Å². The van der Waals surface area contributed by atoms with E-state index in [9.17, 15) is 14.4 Å². The van der Waals surface area contributed by atoms with Gasteiger partial charge in [0.05, 0.1) is 11.4 Å². The number of hydrogen-bond acceptors (Lipinski definition) is 5. The first-order chi connectivity index (χ1) is 11.9. The summed E-state index contributed by atoms with van der Waals surface area (Å²) in [6, 6.07) is 7.25. The molecule has 132 valence electrons. The summed E-state index contributed by atoms with van der Waals surface area (Å²) in [5, 5.41) is 11.8. The van der Waals surface area contributed by atoms with E-state index in [0.29, 0.717) is 22.1 Å². The summed E-state index contributed by atoms with van der Waals surface area (Å²) in [5.41, 5.74) is 1.11. The first kappa shape index (κ1) is 19.2. The summed E-state index contributed by atoms with van der Waals surface area (Å²) in [4.78, 5) is 41.5. The molecule has 0 aliphatic rings. The molecular formula is C16H16BrN3O4S. The predicted octanol–water partition coefficient (Wildman–Crippen LogP) is 2.59. The molecule has 3 N–H and O–H groups in total. The number of H-pyrrole nitrogens is 1. The number of anilines is 1. The largest absolute Gasteiger partial charge is 0.481 e. The molecule has 1 amide bonds. The molecule has 0 unspecified atom stereocenters. The van der Waals surface area contributed by atoms with Crippen molar-refractivity contribution in [1.29, 1.82) is 0 Å². The molecular weight excluding hydrogens is 410 g/mol. The number of benzene rings is 1. The van der Waals surface area contributed by atoms with Crippen LogP contribution in [0.1, 0.15) is 17.7 Å². The number of nitrogens with zero attached hydrogens (tertiary/aromatic N) is 1. The molecule has 2 rings (SSSR count). The Balaban J connectivity index is 1.99. The number of aromatic amines is 1. The molecule has 0 spiro atoms. The van der Waals surface area contributed by atoms with Crippen molar-refractivity contribution < 1.29 is 14.7 Å². The average molecular weight is 426 g/mol. The average Bonchev–Trinajstić information content (AvgIpc) is 2.54. The van der Waals surface area contributed by atoms with E-state index < -0.39 is 5.97 Å². The Bertz CT molecular complexity index is 854. The number of amides is 1. The van der Waals surface area contributed by atoms with Crippen LogP contribution in [0.3, 0.4) is 0 Å². The number of halogens is 1. The third-order valence-corrected chi connectivity index (χ3v) is 4.84. The first-order valence-corrected chi connectivity index (χ1v) is 9.13. The zero-order valence-corrected chi connectivity index (χ0v) is 15.7. The van der Waals surface area contributed by atoms with Gasteiger partial charge in [0.15, 0.2) is 5.16 Å². The summed E-state index contributed by atoms with van der Waals surface area (Å²) in [6.07, 6.45) is -0.0105. The molecule has 0 radical (unpaired) electrons. The van der Waals surface area contributed by atoms with E-state index in [1.165, 1.54) is 0 Å². The summed E-state index contributed by atoms with van der Waals surface area (Å²) < 4.78 is 0.776. The number of rotatable bonds is 7. The summed E-state index contributed by atoms with van der Waals surface area (Å²) in [6.45, 7) is 1.65. The van der Waals surface area contributed by atoms with Gasteiger partial charge in [-0.15, -0.1) is 0 Å². The van der Waals surface area contributed by atoms with Crippen molar-refractivity contribution in [3.05, 3.63) is 50.3 Å². The summed E-state index contributed by atoms with van der Waals surface area (Å²) in [5.74, 6) is -1.12. The fourth-order valence-corrected chi connectivity index (χ4v) is 3.15. The van der Waals surface area contributed by atoms with Gasteiger partial charge in [-0.05, 0) is 41.4 Å².